The Hall–Kier alpha value is -3.97. The van der Waals surface area contributed by atoms with Gasteiger partial charge in [-0.15, -0.1) is 0 Å². The monoisotopic (exact) mass is 446 g/mol. The average Bonchev–Trinajstić information content (AvgIpc) is 2.78. The molecule has 8 heteroatoms. The highest BCUT2D eigenvalue weighted by molar-refractivity contribution is 6.30. The van der Waals surface area contributed by atoms with Gasteiger partial charge in [0.25, 0.3) is 11.2 Å². The SMILES string of the molecule is CN(C)c1ccc(C=Cc2nc3ccccc3c(=O)n2-c2ccc(Cl)cc2[N+](=O)[O-])cc1. The van der Waals surface area contributed by atoms with E-state index in [-0.39, 0.29) is 22.2 Å². The van der Waals surface area contributed by atoms with E-state index in [0.29, 0.717) is 10.9 Å². The van der Waals surface area contributed by atoms with E-state index in [1.807, 2.05) is 49.3 Å². The maximum absolute atomic E-state index is 13.4. The molecular formula is C24H19ClN4O3. The zero-order valence-electron chi connectivity index (χ0n) is 17.4. The van der Waals surface area contributed by atoms with Crippen LogP contribution in [0.5, 0.6) is 0 Å². The second-order valence-corrected chi connectivity index (χ2v) is 7.77. The molecule has 0 saturated heterocycles. The van der Waals surface area contributed by atoms with Gasteiger partial charge in [0.15, 0.2) is 0 Å². The number of nitro benzene ring substituents is 1. The molecule has 4 aromatic rings. The molecule has 3 aromatic carbocycles. The second kappa shape index (κ2) is 8.64. The lowest BCUT2D eigenvalue weighted by Gasteiger charge is -2.13. The largest absolute Gasteiger partial charge is 0.378 e. The van der Waals surface area contributed by atoms with Gasteiger partial charge in [0.05, 0.1) is 15.8 Å². The molecule has 0 atom stereocenters. The summed E-state index contributed by atoms with van der Waals surface area (Å²) in [6, 6.07) is 18.9. The summed E-state index contributed by atoms with van der Waals surface area (Å²) in [4.78, 5) is 31.1. The van der Waals surface area contributed by atoms with Crippen molar-refractivity contribution >= 4 is 46.0 Å². The third-order valence-corrected chi connectivity index (χ3v) is 5.25. The highest BCUT2D eigenvalue weighted by Gasteiger charge is 2.20. The minimum Gasteiger partial charge on any atom is -0.378 e. The average molecular weight is 447 g/mol. The number of rotatable bonds is 5. The summed E-state index contributed by atoms with van der Waals surface area (Å²) in [6.45, 7) is 0. The van der Waals surface area contributed by atoms with Crippen molar-refractivity contribution < 1.29 is 4.92 Å². The molecule has 160 valence electrons. The van der Waals surface area contributed by atoms with Gasteiger partial charge in [-0.05, 0) is 48.0 Å². The third-order valence-electron chi connectivity index (χ3n) is 5.01. The lowest BCUT2D eigenvalue weighted by atomic mass is 10.1. The number of nitro groups is 1. The highest BCUT2D eigenvalue weighted by Crippen LogP contribution is 2.27. The molecule has 0 unspecified atom stereocenters. The molecule has 1 heterocycles. The highest BCUT2D eigenvalue weighted by atomic mass is 35.5. The molecule has 32 heavy (non-hydrogen) atoms. The molecule has 0 aliphatic carbocycles. The Bertz CT molecular complexity index is 1410. The van der Waals surface area contributed by atoms with Gasteiger partial charge in [0, 0.05) is 30.9 Å². The molecule has 0 saturated carbocycles. The Balaban J connectivity index is 1.93. The van der Waals surface area contributed by atoms with Gasteiger partial charge in [-0.1, -0.05) is 41.9 Å². The van der Waals surface area contributed by atoms with Crippen LogP contribution in [0, 0.1) is 10.1 Å². The van der Waals surface area contributed by atoms with E-state index < -0.39 is 10.5 Å². The summed E-state index contributed by atoms with van der Waals surface area (Å²) >= 11 is 5.97. The number of halogens is 1. The van der Waals surface area contributed by atoms with E-state index >= 15 is 0 Å². The van der Waals surface area contributed by atoms with Crippen LogP contribution in [0.4, 0.5) is 11.4 Å². The first-order valence-corrected chi connectivity index (χ1v) is 10.1. The van der Waals surface area contributed by atoms with Gasteiger partial charge in [-0.25, -0.2) is 4.98 Å². The van der Waals surface area contributed by atoms with Crippen LogP contribution >= 0.6 is 11.6 Å². The van der Waals surface area contributed by atoms with Crippen LogP contribution in [0.15, 0.2) is 71.5 Å². The fourth-order valence-corrected chi connectivity index (χ4v) is 3.55. The third kappa shape index (κ3) is 4.10. The summed E-state index contributed by atoms with van der Waals surface area (Å²) < 4.78 is 1.25. The van der Waals surface area contributed by atoms with E-state index in [1.165, 1.54) is 22.8 Å². The topological polar surface area (TPSA) is 81.3 Å². The molecular weight excluding hydrogens is 428 g/mol. The van der Waals surface area contributed by atoms with Crippen LogP contribution in [0.25, 0.3) is 28.7 Å². The van der Waals surface area contributed by atoms with Crippen LogP contribution in [-0.2, 0) is 0 Å². The van der Waals surface area contributed by atoms with Gasteiger partial charge in [-0.2, -0.15) is 0 Å². The molecule has 0 N–H and O–H groups in total. The van der Waals surface area contributed by atoms with Crippen molar-refractivity contribution in [3.63, 3.8) is 0 Å². The van der Waals surface area contributed by atoms with Crippen molar-refractivity contribution in [1.82, 2.24) is 9.55 Å². The first-order valence-electron chi connectivity index (χ1n) is 9.77. The van der Waals surface area contributed by atoms with E-state index in [9.17, 15) is 14.9 Å². The minimum absolute atomic E-state index is 0.102. The number of anilines is 1. The number of hydrogen-bond acceptors (Lipinski definition) is 5. The molecule has 0 radical (unpaired) electrons. The first kappa shape index (κ1) is 21.3. The van der Waals surface area contributed by atoms with Crippen LogP contribution in [0.1, 0.15) is 11.4 Å². The molecule has 0 spiro atoms. The van der Waals surface area contributed by atoms with E-state index in [0.717, 1.165) is 11.3 Å². The molecule has 1 aromatic heterocycles. The maximum atomic E-state index is 13.4. The molecule has 0 fully saturated rings. The van der Waals surface area contributed by atoms with Crippen LogP contribution in [-0.4, -0.2) is 28.6 Å². The van der Waals surface area contributed by atoms with Crippen molar-refractivity contribution in [3.8, 4) is 5.69 Å². The Morgan fingerprint density at radius 1 is 1.03 bits per heavy atom. The molecule has 4 rings (SSSR count). The summed E-state index contributed by atoms with van der Waals surface area (Å²) in [5.74, 6) is 0.274. The summed E-state index contributed by atoms with van der Waals surface area (Å²) in [5.41, 5.74) is 1.89. The number of hydrogen-bond donors (Lipinski definition) is 0. The lowest BCUT2D eigenvalue weighted by molar-refractivity contribution is -0.384. The summed E-state index contributed by atoms with van der Waals surface area (Å²) in [6.07, 6.45) is 3.49. The Kier molecular flexibility index (Phi) is 5.75. The van der Waals surface area contributed by atoms with Gasteiger partial charge in [0.1, 0.15) is 11.5 Å². The summed E-state index contributed by atoms with van der Waals surface area (Å²) in [5, 5.41) is 12.3. The normalized spacial score (nSPS) is 11.2. The molecule has 0 aliphatic rings. The van der Waals surface area contributed by atoms with E-state index in [2.05, 4.69) is 4.98 Å². The lowest BCUT2D eigenvalue weighted by Crippen LogP contribution is -2.23. The fourth-order valence-electron chi connectivity index (χ4n) is 3.38. The summed E-state index contributed by atoms with van der Waals surface area (Å²) in [7, 11) is 3.92. The minimum atomic E-state index is -0.559. The molecule has 0 amide bonds. The number of aromatic nitrogens is 2. The first-order chi connectivity index (χ1) is 15.3. The van der Waals surface area contributed by atoms with Gasteiger partial charge >= 0.3 is 0 Å². The molecule has 0 bridgehead atoms. The van der Waals surface area contributed by atoms with Crippen molar-refractivity contribution in [2.45, 2.75) is 0 Å². The zero-order valence-corrected chi connectivity index (χ0v) is 18.2. The maximum Gasteiger partial charge on any atom is 0.294 e. The van der Waals surface area contributed by atoms with Gasteiger partial charge < -0.3 is 4.90 Å². The number of para-hydroxylation sites is 1. The zero-order chi connectivity index (χ0) is 22.8. The number of nitrogens with zero attached hydrogens (tertiary/aromatic N) is 4. The Labute approximate surface area is 189 Å². The Morgan fingerprint density at radius 2 is 1.75 bits per heavy atom. The van der Waals surface area contributed by atoms with Crippen molar-refractivity contribution in [1.29, 1.82) is 0 Å². The predicted octanol–water partition coefficient (Wildman–Crippen LogP) is 5.18. The smallest absolute Gasteiger partial charge is 0.294 e. The van der Waals surface area contributed by atoms with Crippen molar-refractivity contribution in [2.75, 3.05) is 19.0 Å². The quantitative estimate of drug-likeness (QED) is 0.311. The van der Waals surface area contributed by atoms with Crippen LogP contribution in [0.3, 0.4) is 0 Å². The molecule has 7 nitrogen and oxygen atoms in total. The number of fused-ring (bicyclic) bond motifs is 1. The van der Waals surface area contributed by atoms with Crippen molar-refractivity contribution in [2.24, 2.45) is 0 Å². The predicted molar refractivity (Wildman–Crippen MR) is 129 cm³/mol. The van der Waals surface area contributed by atoms with E-state index in [4.69, 9.17) is 11.6 Å². The second-order valence-electron chi connectivity index (χ2n) is 7.34. The fraction of sp³-hybridized carbons (Fsp3) is 0.0833. The van der Waals surface area contributed by atoms with Gasteiger partial charge in [-0.3, -0.25) is 19.5 Å². The van der Waals surface area contributed by atoms with Crippen LogP contribution in [0.2, 0.25) is 5.02 Å². The standard InChI is InChI=1S/C24H19ClN4O3/c1-27(2)18-11-7-16(8-12-18)9-14-23-26-20-6-4-3-5-19(20)24(30)28(23)21-13-10-17(25)15-22(21)29(31)32/h3-15H,1-2H3. The van der Waals surface area contributed by atoms with Crippen LogP contribution < -0.4 is 10.5 Å². The van der Waals surface area contributed by atoms with Crippen molar-refractivity contribution in [3.05, 3.63) is 104 Å². The van der Waals surface area contributed by atoms with E-state index in [1.54, 1.807) is 30.3 Å². The molecule has 0 aliphatic heterocycles. The Morgan fingerprint density at radius 3 is 2.44 bits per heavy atom. The van der Waals surface area contributed by atoms with Gasteiger partial charge in [0.2, 0.25) is 0 Å². The number of benzene rings is 3.